The summed E-state index contributed by atoms with van der Waals surface area (Å²) in [5, 5.41) is 14.7. The number of carbonyl (C=O) groups is 2. The maximum atomic E-state index is 12.2. The summed E-state index contributed by atoms with van der Waals surface area (Å²) >= 11 is 1.29. The van der Waals surface area contributed by atoms with Gasteiger partial charge < -0.3 is 10.6 Å². The second-order valence-electron chi connectivity index (χ2n) is 5.98. The minimum atomic E-state index is -0.147. The zero-order valence-corrected chi connectivity index (χ0v) is 14.3. The van der Waals surface area contributed by atoms with Crippen LogP contribution in [0.25, 0.3) is 5.65 Å². The third-order valence-corrected chi connectivity index (χ3v) is 5.04. The molecule has 0 atom stereocenters. The van der Waals surface area contributed by atoms with Crippen molar-refractivity contribution in [3.63, 3.8) is 0 Å². The van der Waals surface area contributed by atoms with E-state index in [1.807, 2.05) is 28.8 Å². The standard InChI is InChI=1S/C17H17N5O2S/c23-16(11-4-5-11)19-15-7-6-12(25-15)17(24)18-9-8-14-21-20-13-3-1-2-10-22(13)14/h1-3,6-7,10-11H,4-5,8-9H2,(H,18,24)(H,19,23). The Morgan fingerprint density at radius 2 is 2.08 bits per heavy atom. The number of carbonyl (C=O) groups excluding carboxylic acids is 2. The van der Waals surface area contributed by atoms with Crippen LogP contribution >= 0.6 is 11.3 Å². The first-order valence-electron chi connectivity index (χ1n) is 8.18. The van der Waals surface area contributed by atoms with Gasteiger partial charge in [-0.15, -0.1) is 21.5 Å². The van der Waals surface area contributed by atoms with Gasteiger partial charge in [-0.25, -0.2) is 0 Å². The van der Waals surface area contributed by atoms with Gasteiger partial charge in [-0.1, -0.05) is 6.07 Å². The van der Waals surface area contributed by atoms with Crippen molar-refractivity contribution in [2.45, 2.75) is 19.3 Å². The van der Waals surface area contributed by atoms with E-state index in [9.17, 15) is 9.59 Å². The zero-order valence-electron chi connectivity index (χ0n) is 13.4. The van der Waals surface area contributed by atoms with Crippen LogP contribution in [0.5, 0.6) is 0 Å². The molecule has 0 spiro atoms. The van der Waals surface area contributed by atoms with Crippen molar-refractivity contribution in [3.05, 3.63) is 47.2 Å². The lowest BCUT2D eigenvalue weighted by atomic mass is 10.3. The molecule has 0 aromatic carbocycles. The smallest absolute Gasteiger partial charge is 0.261 e. The second-order valence-corrected chi connectivity index (χ2v) is 7.06. The summed E-state index contributed by atoms with van der Waals surface area (Å²) in [7, 11) is 0. The Balaban J connectivity index is 1.31. The molecule has 0 radical (unpaired) electrons. The number of anilines is 1. The van der Waals surface area contributed by atoms with Crippen LogP contribution < -0.4 is 10.6 Å². The van der Waals surface area contributed by atoms with Crippen LogP contribution in [0.15, 0.2) is 36.5 Å². The summed E-state index contributed by atoms with van der Waals surface area (Å²) in [6, 6.07) is 9.21. The van der Waals surface area contributed by atoms with Gasteiger partial charge in [0.15, 0.2) is 5.65 Å². The second kappa shape index (κ2) is 6.64. The number of aromatic nitrogens is 3. The summed E-state index contributed by atoms with van der Waals surface area (Å²) in [6.07, 6.45) is 4.41. The SMILES string of the molecule is O=C(NCCc1nnc2ccccn12)c1ccc(NC(=O)C2CC2)s1. The van der Waals surface area contributed by atoms with Gasteiger partial charge >= 0.3 is 0 Å². The molecule has 0 unspecified atom stereocenters. The van der Waals surface area contributed by atoms with E-state index >= 15 is 0 Å². The van der Waals surface area contributed by atoms with Gasteiger partial charge in [0.2, 0.25) is 5.91 Å². The monoisotopic (exact) mass is 355 g/mol. The Kier molecular flexibility index (Phi) is 4.19. The normalized spacial score (nSPS) is 13.8. The molecule has 0 bridgehead atoms. The van der Waals surface area contributed by atoms with Crippen molar-refractivity contribution in [2.24, 2.45) is 5.92 Å². The molecule has 0 aliphatic heterocycles. The van der Waals surface area contributed by atoms with Crippen molar-refractivity contribution in [1.82, 2.24) is 19.9 Å². The quantitative estimate of drug-likeness (QED) is 0.709. The molecule has 2 N–H and O–H groups in total. The van der Waals surface area contributed by atoms with E-state index in [2.05, 4.69) is 20.8 Å². The Bertz CT molecular complexity index is 928. The van der Waals surface area contributed by atoms with Gasteiger partial charge in [0.1, 0.15) is 5.82 Å². The summed E-state index contributed by atoms with van der Waals surface area (Å²) in [4.78, 5) is 24.6. The maximum absolute atomic E-state index is 12.2. The van der Waals surface area contributed by atoms with Gasteiger partial charge in [-0.2, -0.15) is 0 Å². The van der Waals surface area contributed by atoms with E-state index in [1.54, 1.807) is 12.1 Å². The van der Waals surface area contributed by atoms with Gasteiger partial charge in [0.25, 0.3) is 5.91 Å². The third kappa shape index (κ3) is 3.53. The highest BCUT2D eigenvalue weighted by molar-refractivity contribution is 7.18. The lowest BCUT2D eigenvalue weighted by Crippen LogP contribution is -2.25. The number of fused-ring (bicyclic) bond motifs is 1. The summed E-state index contributed by atoms with van der Waals surface area (Å²) in [5.74, 6) is 0.857. The number of nitrogens with one attached hydrogen (secondary N) is 2. The lowest BCUT2D eigenvalue weighted by molar-refractivity contribution is -0.117. The number of hydrogen-bond donors (Lipinski definition) is 2. The maximum Gasteiger partial charge on any atom is 0.261 e. The van der Waals surface area contributed by atoms with Crippen molar-refractivity contribution < 1.29 is 9.59 Å². The minimum absolute atomic E-state index is 0.0486. The number of nitrogens with zero attached hydrogens (tertiary/aromatic N) is 3. The molecule has 3 aromatic heterocycles. The molecule has 3 aromatic rings. The number of pyridine rings is 1. The van der Waals surface area contributed by atoms with Crippen molar-refractivity contribution in [1.29, 1.82) is 0 Å². The first kappa shape index (κ1) is 15.8. The Morgan fingerprint density at radius 1 is 1.20 bits per heavy atom. The number of hydrogen-bond acceptors (Lipinski definition) is 5. The Morgan fingerprint density at radius 3 is 2.92 bits per heavy atom. The zero-order chi connectivity index (χ0) is 17.2. The molecule has 25 heavy (non-hydrogen) atoms. The van der Waals surface area contributed by atoms with Crippen LogP contribution in [0.2, 0.25) is 0 Å². The number of rotatable bonds is 6. The first-order valence-corrected chi connectivity index (χ1v) is 9.00. The van der Waals surface area contributed by atoms with E-state index in [1.165, 1.54) is 11.3 Å². The van der Waals surface area contributed by atoms with E-state index in [-0.39, 0.29) is 17.7 Å². The van der Waals surface area contributed by atoms with Crippen LogP contribution in [0.3, 0.4) is 0 Å². The van der Waals surface area contributed by atoms with E-state index in [0.29, 0.717) is 22.8 Å². The molecule has 2 amide bonds. The van der Waals surface area contributed by atoms with E-state index < -0.39 is 0 Å². The minimum Gasteiger partial charge on any atom is -0.351 e. The van der Waals surface area contributed by atoms with Gasteiger partial charge in [0.05, 0.1) is 9.88 Å². The van der Waals surface area contributed by atoms with Crippen LogP contribution in [-0.2, 0) is 11.2 Å². The van der Waals surface area contributed by atoms with Crippen LogP contribution in [0, 0.1) is 5.92 Å². The Labute approximate surface area is 148 Å². The molecule has 7 nitrogen and oxygen atoms in total. The molecule has 4 rings (SSSR count). The number of amides is 2. The predicted octanol–water partition coefficient (Wildman–Crippen LogP) is 2.11. The fourth-order valence-electron chi connectivity index (χ4n) is 2.53. The van der Waals surface area contributed by atoms with E-state index in [4.69, 9.17) is 0 Å². The molecule has 128 valence electrons. The van der Waals surface area contributed by atoms with Crippen LogP contribution in [0.4, 0.5) is 5.00 Å². The summed E-state index contributed by atoms with van der Waals surface area (Å²) < 4.78 is 1.91. The average molecular weight is 355 g/mol. The van der Waals surface area contributed by atoms with E-state index in [0.717, 1.165) is 24.3 Å². The molecule has 1 fully saturated rings. The molecular formula is C17H17N5O2S. The van der Waals surface area contributed by atoms with Crippen molar-refractivity contribution >= 4 is 33.8 Å². The summed E-state index contributed by atoms with van der Waals surface area (Å²) in [6.45, 7) is 0.468. The highest BCUT2D eigenvalue weighted by atomic mass is 32.1. The molecule has 8 heteroatoms. The molecule has 1 aliphatic carbocycles. The highest BCUT2D eigenvalue weighted by Crippen LogP contribution is 2.31. The number of thiophene rings is 1. The lowest BCUT2D eigenvalue weighted by Gasteiger charge is -2.03. The Hall–Kier alpha value is -2.74. The predicted molar refractivity (Wildman–Crippen MR) is 94.7 cm³/mol. The molecule has 0 saturated heterocycles. The molecular weight excluding hydrogens is 338 g/mol. The van der Waals surface area contributed by atoms with Gasteiger partial charge in [-0.05, 0) is 37.1 Å². The van der Waals surface area contributed by atoms with Gasteiger partial charge in [-0.3, -0.25) is 14.0 Å². The topological polar surface area (TPSA) is 88.4 Å². The van der Waals surface area contributed by atoms with Crippen LogP contribution in [-0.4, -0.2) is 33.0 Å². The molecule has 3 heterocycles. The molecule has 1 saturated carbocycles. The van der Waals surface area contributed by atoms with Gasteiger partial charge in [0, 0.05) is 25.1 Å². The average Bonchev–Trinajstić information content (AvgIpc) is 3.25. The largest absolute Gasteiger partial charge is 0.351 e. The highest BCUT2D eigenvalue weighted by Gasteiger charge is 2.29. The van der Waals surface area contributed by atoms with Crippen molar-refractivity contribution in [2.75, 3.05) is 11.9 Å². The third-order valence-electron chi connectivity index (χ3n) is 4.04. The first-order chi connectivity index (χ1) is 12.2. The fourth-order valence-corrected chi connectivity index (χ4v) is 3.36. The fraction of sp³-hybridized carbons (Fsp3) is 0.294. The van der Waals surface area contributed by atoms with Crippen molar-refractivity contribution in [3.8, 4) is 0 Å². The molecule has 1 aliphatic rings. The summed E-state index contributed by atoms with van der Waals surface area (Å²) in [5.41, 5.74) is 0.790. The van der Waals surface area contributed by atoms with Crippen LogP contribution in [0.1, 0.15) is 28.3 Å².